The molecular formula is C30H27N3O3. The summed E-state index contributed by atoms with van der Waals surface area (Å²) in [6, 6.07) is 17.6. The average Bonchev–Trinajstić information content (AvgIpc) is 3.63. The zero-order chi connectivity index (χ0) is 24.8. The van der Waals surface area contributed by atoms with Crippen molar-refractivity contribution in [3.8, 4) is 16.9 Å². The Morgan fingerprint density at radius 1 is 1.14 bits per heavy atom. The maximum Gasteiger partial charge on any atom is 0.275 e. The Balaban J connectivity index is 1.54. The van der Waals surface area contributed by atoms with Gasteiger partial charge in [0.2, 0.25) is 0 Å². The van der Waals surface area contributed by atoms with Crippen molar-refractivity contribution in [3.63, 3.8) is 0 Å². The number of aromatic amines is 1. The first-order valence-corrected chi connectivity index (χ1v) is 12.3. The number of benzene rings is 2. The number of carbonyl (C=O) groups excluding carboxylic acids is 1. The molecule has 0 aliphatic heterocycles. The third-order valence-corrected chi connectivity index (χ3v) is 6.99. The van der Waals surface area contributed by atoms with Crippen LogP contribution in [-0.2, 0) is 6.54 Å². The molecule has 3 aromatic heterocycles. The van der Waals surface area contributed by atoms with Crippen molar-refractivity contribution in [3.05, 3.63) is 94.0 Å². The SMILES string of the molecule is COc1ccc(Cn2cc(-c3cccc(C(=O)CC4CC4)c3)c3c([nH]c4ncc(C)cc43)c2=O)cc1. The molecule has 36 heavy (non-hydrogen) atoms. The molecule has 6 rings (SSSR count). The predicted octanol–water partition coefficient (Wildman–Crippen LogP) is 5.89. The van der Waals surface area contributed by atoms with Crippen LogP contribution in [0.25, 0.3) is 33.1 Å². The zero-order valence-electron chi connectivity index (χ0n) is 20.4. The third kappa shape index (κ3) is 4.09. The van der Waals surface area contributed by atoms with Gasteiger partial charge in [0.1, 0.15) is 16.9 Å². The normalized spacial score (nSPS) is 13.4. The van der Waals surface area contributed by atoms with E-state index in [1.165, 1.54) is 0 Å². The maximum atomic E-state index is 13.6. The molecule has 1 fully saturated rings. The van der Waals surface area contributed by atoms with E-state index in [-0.39, 0.29) is 11.3 Å². The summed E-state index contributed by atoms with van der Waals surface area (Å²) < 4.78 is 6.99. The highest BCUT2D eigenvalue weighted by atomic mass is 16.5. The zero-order valence-corrected chi connectivity index (χ0v) is 20.4. The Bertz CT molecular complexity index is 1670. The number of fused-ring (bicyclic) bond motifs is 3. The molecule has 1 N–H and O–H groups in total. The number of aryl methyl sites for hydroxylation is 1. The molecule has 0 unspecified atom stereocenters. The number of H-pyrrole nitrogens is 1. The average molecular weight is 478 g/mol. The monoisotopic (exact) mass is 477 g/mol. The van der Waals surface area contributed by atoms with Crippen LogP contribution in [-0.4, -0.2) is 27.4 Å². The molecule has 0 amide bonds. The van der Waals surface area contributed by atoms with Gasteiger partial charge in [-0.1, -0.05) is 30.3 Å². The van der Waals surface area contributed by atoms with E-state index in [0.29, 0.717) is 30.0 Å². The van der Waals surface area contributed by atoms with E-state index in [2.05, 4.69) is 16.0 Å². The van der Waals surface area contributed by atoms with Crippen molar-refractivity contribution < 1.29 is 9.53 Å². The topological polar surface area (TPSA) is 77.0 Å². The van der Waals surface area contributed by atoms with Crippen molar-refractivity contribution in [1.82, 2.24) is 14.5 Å². The van der Waals surface area contributed by atoms with Gasteiger partial charge in [0.15, 0.2) is 5.78 Å². The van der Waals surface area contributed by atoms with Crippen LogP contribution in [0.15, 0.2) is 71.8 Å². The van der Waals surface area contributed by atoms with Crippen molar-refractivity contribution in [2.24, 2.45) is 5.92 Å². The summed E-state index contributed by atoms with van der Waals surface area (Å²) in [5.74, 6) is 1.48. The lowest BCUT2D eigenvalue weighted by molar-refractivity contribution is 0.0976. The van der Waals surface area contributed by atoms with E-state index in [9.17, 15) is 9.59 Å². The number of ether oxygens (including phenoxy) is 1. The van der Waals surface area contributed by atoms with Crippen molar-refractivity contribution in [2.45, 2.75) is 32.7 Å². The number of nitrogens with zero attached hydrogens (tertiary/aromatic N) is 2. The number of hydrogen-bond donors (Lipinski definition) is 1. The molecule has 0 saturated heterocycles. The number of pyridine rings is 2. The number of hydrogen-bond acceptors (Lipinski definition) is 4. The quantitative estimate of drug-likeness (QED) is 0.296. The molecule has 0 radical (unpaired) electrons. The van der Waals surface area contributed by atoms with Crippen LogP contribution in [0, 0.1) is 12.8 Å². The highest BCUT2D eigenvalue weighted by molar-refractivity contribution is 6.13. The van der Waals surface area contributed by atoms with Crippen LogP contribution >= 0.6 is 0 Å². The van der Waals surface area contributed by atoms with E-state index in [4.69, 9.17) is 4.74 Å². The second-order valence-electron chi connectivity index (χ2n) is 9.76. The van der Waals surface area contributed by atoms with Crippen LogP contribution in [0.2, 0.25) is 0 Å². The first-order chi connectivity index (χ1) is 17.5. The molecule has 1 aliphatic rings. The minimum atomic E-state index is -0.110. The molecule has 5 aromatic rings. The van der Waals surface area contributed by atoms with Gasteiger partial charge in [-0.05, 0) is 66.6 Å². The van der Waals surface area contributed by atoms with Crippen molar-refractivity contribution >= 4 is 27.7 Å². The van der Waals surface area contributed by atoms with Crippen molar-refractivity contribution in [2.75, 3.05) is 7.11 Å². The first-order valence-electron chi connectivity index (χ1n) is 12.3. The van der Waals surface area contributed by atoms with Gasteiger partial charge in [-0.3, -0.25) is 9.59 Å². The molecule has 3 heterocycles. The van der Waals surface area contributed by atoms with Gasteiger partial charge in [0.05, 0.1) is 13.7 Å². The maximum absolute atomic E-state index is 13.6. The summed E-state index contributed by atoms with van der Waals surface area (Å²) in [5.41, 5.74) is 5.62. The van der Waals surface area contributed by atoms with Gasteiger partial charge in [-0.2, -0.15) is 0 Å². The van der Waals surface area contributed by atoms with Crippen LogP contribution in [0.1, 0.15) is 40.7 Å². The van der Waals surface area contributed by atoms with Gasteiger partial charge < -0.3 is 14.3 Å². The summed E-state index contributed by atoms with van der Waals surface area (Å²) in [6.07, 6.45) is 6.60. The minimum absolute atomic E-state index is 0.110. The highest BCUT2D eigenvalue weighted by Gasteiger charge is 2.25. The molecule has 1 saturated carbocycles. The standard InChI is InChI=1S/C30H27N3O3/c1-18-12-24-27-25(21-4-3-5-22(14-21)26(34)13-19-6-7-19)17-33(16-20-8-10-23(36-2)11-9-20)30(35)28(27)32-29(24)31-15-18/h3-5,8-12,14-15,17,19H,6-7,13,16H2,1-2H3,(H,31,32). The Morgan fingerprint density at radius 3 is 2.69 bits per heavy atom. The lowest BCUT2D eigenvalue weighted by Crippen LogP contribution is -2.21. The second-order valence-corrected chi connectivity index (χ2v) is 9.76. The fourth-order valence-corrected chi connectivity index (χ4v) is 4.86. The number of nitrogens with one attached hydrogen (secondary N) is 1. The van der Waals surface area contributed by atoms with Gasteiger partial charge in [-0.15, -0.1) is 0 Å². The fraction of sp³-hybridized carbons (Fsp3) is 0.233. The van der Waals surface area contributed by atoms with Gasteiger partial charge in [-0.25, -0.2) is 4.98 Å². The van der Waals surface area contributed by atoms with E-state index in [1.807, 2.05) is 61.7 Å². The molecule has 0 atom stereocenters. The Hall–Kier alpha value is -4.19. The molecule has 1 aliphatic carbocycles. The first kappa shape index (κ1) is 22.3. The van der Waals surface area contributed by atoms with Gasteiger partial charge in [0.25, 0.3) is 5.56 Å². The van der Waals surface area contributed by atoms with Crippen LogP contribution in [0.5, 0.6) is 5.75 Å². The lowest BCUT2D eigenvalue weighted by Gasteiger charge is -2.12. The van der Waals surface area contributed by atoms with Gasteiger partial charge >= 0.3 is 0 Å². The molecule has 0 spiro atoms. The number of ketones is 1. The molecule has 180 valence electrons. The smallest absolute Gasteiger partial charge is 0.275 e. The predicted molar refractivity (Wildman–Crippen MR) is 142 cm³/mol. The van der Waals surface area contributed by atoms with Crippen LogP contribution in [0.4, 0.5) is 0 Å². The summed E-state index contributed by atoms with van der Waals surface area (Å²) in [7, 11) is 1.63. The number of aromatic nitrogens is 3. The van der Waals surface area contributed by atoms with Crippen LogP contribution < -0.4 is 10.3 Å². The summed E-state index contributed by atoms with van der Waals surface area (Å²) in [4.78, 5) is 34.3. The molecule has 0 bridgehead atoms. The fourth-order valence-electron chi connectivity index (χ4n) is 4.86. The summed E-state index contributed by atoms with van der Waals surface area (Å²) >= 11 is 0. The number of carbonyl (C=O) groups is 1. The Labute approximate surface area is 208 Å². The van der Waals surface area contributed by atoms with Crippen LogP contribution in [0.3, 0.4) is 0 Å². The van der Waals surface area contributed by atoms with Crippen molar-refractivity contribution in [1.29, 1.82) is 0 Å². The van der Waals surface area contributed by atoms with E-state index < -0.39 is 0 Å². The Morgan fingerprint density at radius 2 is 1.94 bits per heavy atom. The number of rotatable bonds is 7. The summed E-state index contributed by atoms with van der Waals surface area (Å²) in [6.45, 7) is 2.40. The minimum Gasteiger partial charge on any atom is -0.497 e. The third-order valence-electron chi connectivity index (χ3n) is 6.99. The lowest BCUT2D eigenvalue weighted by atomic mass is 9.97. The largest absolute Gasteiger partial charge is 0.497 e. The summed E-state index contributed by atoms with van der Waals surface area (Å²) in [5, 5.41) is 1.74. The molecule has 2 aromatic carbocycles. The highest BCUT2D eigenvalue weighted by Crippen LogP contribution is 2.36. The second kappa shape index (κ2) is 8.79. The molecule has 6 nitrogen and oxygen atoms in total. The number of methoxy groups -OCH3 is 1. The molecule has 6 heteroatoms. The Kier molecular flexibility index (Phi) is 5.44. The van der Waals surface area contributed by atoms with E-state index >= 15 is 0 Å². The van der Waals surface area contributed by atoms with Gasteiger partial charge in [0, 0.05) is 40.7 Å². The van der Waals surface area contributed by atoms with E-state index in [0.717, 1.165) is 57.2 Å². The molecular weight excluding hydrogens is 450 g/mol. The van der Waals surface area contributed by atoms with E-state index in [1.54, 1.807) is 17.9 Å². The number of Topliss-reactive ketones (excluding diaryl/α,β-unsaturated/α-hetero) is 1.